The molecule has 2 aromatic carbocycles. The first-order valence-corrected chi connectivity index (χ1v) is 12.5. The van der Waals surface area contributed by atoms with Crippen LogP contribution in [0.15, 0.2) is 47.3 Å². The fourth-order valence-corrected chi connectivity index (χ4v) is 4.43. The van der Waals surface area contributed by atoms with Crippen LogP contribution in [-0.2, 0) is 4.74 Å². The first-order valence-electron chi connectivity index (χ1n) is 12.0. The summed E-state index contributed by atoms with van der Waals surface area (Å²) in [7, 11) is 0. The van der Waals surface area contributed by atoms with Gasteiger partial charge < -0.3 is 20.7 Å². The maximum absolute atomic E-state index is 14.9. The summed E-state index contributed by atoms with van der Waals surface area (Å²) >= 11 is 4.97. The largest absolute Gasteiger partial charge is 0.442 e. The fourth-order valence-electron chi connectivity index (χ4n) is 4.35. The van der Waals surface area contributed by atoms with Crippen LogP contribution in [0.2, 0.25) is 0 Å². The molecule has 36 heavy (non-hydrogen) atoms. The molecule has 8 nitrogen and oxygen atoms in total. The highest BCUT2D eigenvalue weighted by molar-refractivity contribution is 7.80. The van der Waals surface area contributed by atoms with Crippen molar-refractivity contribution in [3.8, 4) is 0 Å². The number of anilines is 3. The lowest BCUT2D eigenvalue weighted by atomic mass is 9.95. The van der Waals surface area contributed by atoms with Crippen molar-refractivity contribution in [1.82, 2.24) is 10.6 Å². The molecule has 0 aromatic heterocycles. The Morgan fingerprint density at radius 3 is 2.53 bits per heavy atom. The van der Waals surface area contributed by atoms with Gasteiger partial charge in [-0.1, -0.05) is 31.5 Å². The minimum atomic E-state index is -0.641. The maximum atomic E-state index is 14.9. The summed E-state index contributed by atoms with van der Waals surface area (Å²) in [4.78, 5) is 39.4. The number of rotatable bonds is 7. The number of hydrogen-bond acceptors (Lipinski definition) is 6. The summed E-state index contributed by atoms with van der Waals surface area (Å²) in [6.45, 7) is 2.36. The van der Waals surface area contributed by atoms with Crippen LogP contribution in [0.3, 0.4) is 0 Å². The summed E-state index contributed by atoms with van der Waals surface area (Å²) in [5.41, 5.74) is 0.509. The molecule has 1 aliphatic heterocycles. The predicted molar refractivity (Wildman–Crippen MR) is 141 cm³/mol. The fraction of sp³-hybridized carbons (Fsp3) is 0.385. The van der Waals surface area contributed by atoms with Gasteiger partial charge >= 0.3 is 6.09 Å². The zero-order valence-electron chi connectivity index (χ0n) is 20.0. The highest BCUT2D eigenvalue weighted by atomic mass is 32.1. The number of nitrogens with one attached hydrogen (secondary N) is 3. The number of nitrogens with zero attached hydrogens (tertiary/aromatic N) is 1. The minimum Gasteiger partial charge on any atom is -0.442 e. The van der Waals surface area contributed by atoms with E-state index in [0.29, 0.717) is 22.8 Å². The molecule has 2 amide bonds. The number of hydrogen-bond donors (Lipinski definition) is 3. The molecule has 190 valence electrons. The van der Waals surface area contributed by atoms with Gasteiger partial charge in [-0.2, -0.15) is 0 Å². The van der Waals surface area contributed by atoms with Crippen LogP contribution in [0.25, 0.3) is 0 Å². The summed E-state index contributed by atoms with van der Waals surface area (Å²) < 4.78 is 20.2. The Hall–Kier alpha value is -3.53. The van der Waals surface area contributed by atoms with Gasteiger partial charge in [-0.05, 0) is 62.2 Å². The van der Waals surface area contributed by atoms with Gasteiger partial charge in [0.1, 0.15) is 11.9 Å². The lowest BCUT2D eigenvalue weighted by Gasteiger charge is -2.22. The molecule has 1 heterocycles. The smallest absolute Gasteiger partial charge is 0.414 e. The number of halogens is 1. The zero-order chi connectivity index (χ0) is 25.7. The van der Waals surface area contributed by atoms with E-state index in [1.165, 1.54) is 41.7 Å². The third-order valence-corrected chi connectivity index (χ3v) is 6.44. The molecule has 1 saturated heterocycles. The number of amides is 2. The Balaban J connectivity index is 1.44. The molecule has 0 spiro atoms. The van der Waals surface area contributed by atoms with E-state index in [9.17, 15) is 18.8 Å². The number of benzene rings is 1. The third kappa shape index (κ3) is 6.37. The number of ether oxygens (including phenoxy) is 1. The van der Waals surface area contributed by atoms with Gasteiger partial charge in [0.2, 0.25) is 5.43 Å². The van der Waals surface area contributed by atoms with Gasteiger partial charge in [0.15, 0.2) is 0 Å². The Morgan fingerprint density at radius 1 is 1.08 bits per heavy atom. The van der Waals surface area contributed by atoms with Crippen LogP contribution < -0.4 is 26.3 Å². The molecule has 2 aliphatic rings. The van der Waals surface area contributed by atoms with Crippen LogP contribution in [0.5, 0.6) is 0 Å². The van der Waals surface area contributed by atoms with Crippen molar-refractivity contribution in [3.05, 3.63) is 64.1 Å². The molecule has 2 aromatic rings. The van der Waals surface area contributed by atoms with E-state index in [0.717, 1.165) is 25.7 Å². The van der Waals surface area contributed by atoms with Crippen LogP contribution >= 0.6 is 12.2 Å². The zero-order valence-corrected chi connectivity index (χ0v) is 20.8. The Kier molecular flexibility index (Phi) is 8.14. The standard InChI is InChI=1S/C26H29FN4O4S/c1-16(36)28-14-20-15-31(26(34)35-20)19-9-11-22(21(27)13-19)30-23-10-7-17(8-12-24(23)32)25(33)29-18-5-3-2-4-6-18/h7-13,18,20H,2-6,14-15H2,1H3,(H,28,36)(H,29,33)(H,30,32)/t20-/m0/s1. The molecule has 3 N–H and O–H groups in total. The average molecular weight is 513 g/mol. The number of cyclic esters (lactones) is 1. The topological polar surface area (TPSA) is 99.8 Å². The monoisotopic (exact) mass is 512 g/mol. The summed E-state index contributed by atoms with van der Waals surface area (Å²) in [6, 6.07) is 10.2. The van der Waals surface area contributed by atoms with Gasteiger partial charge in [-0.3, -0.25) is 14.5 Å². The molecule has 10 heteroatoms. The van der Waals surface area contributed by atoms with E-state index < -0.39 is 18.0 Å². The van der Waals surface area contributed by atoms with Gasteiger partial charge in [0, 0.05) is 11.6 Å². The molecule has 1 aliphatic carbocycles. The van der Waals surface area contributed by atoms with E-state index in [-0.39, 0.29) is 35.3 Å². The quantitative estimate of drug-likeness (QED) is 0.477. The predicted octanol–water partition coefficient (Wildman–Crippen LogP) is 4.25. The molecule has 0 bridgehead atoms. The van der Waals surface area contributed by atoms with Crippen molar-refractivity contribution in [3.63, 3.8) is 0 Å². The average Bonchev–Trinajstić information content (AvgIpc) is 3.13. The second-order valence-corrected chi connectivity index (χ2v) is 9.66. The van der Waals surface area contributed by atoms with E-state index in [1.54, 1.807) is 19.1 Å². The first-order chi connectivity index (χ1) is 17.3. The highest BCUT2D eigenvalue weighted by Gasteiger charge is 2.32. The van der Waals surface area contributed by atoms with E-state index in [4.69, 9.17) is 17.0 Å². The van der Waals surface area contributed by atoms with Gasteiger partial charge in [-0.25, -0.2) is 9.18 Å². The summed E-state index contributed by atoms with van der Waals surface area (Å²) in [6.07, 6.45) is 4.32. The van der Waals surface area contributed by atoms with Crippen molar-refractivity contribution in [2.45, 2.75) is 51.2 Å². The van der Waals surface area contributed by atoms with Crippen LogP contribution in [0, 0.1) is 5.82 Å². The Bertz CT molecular complexity index is 1220. The summed E-state index contributed by atoms with van der Waals surface area (Å²) in [5.74, 6) is -0.872. The second kappa shape index (κ2) is 11.5. The highest BCUT2D eigenvalue weighted by Crippen LogP contribution is 2.27. The molecular formula is C26H29FN4O4S. The van der Waals surface area contributed by atoms with Crippen molar-refractivity contribution in [2.75, 3.05) is 23.3 Å². The number of carbonyl (C=O) groups is 2. The van der Waals surface area contributed by atoms with Crippen molar-refractivity contribution >= 4 is 46.3 Å². The Morgan fingerprint density at radius 2 is 1.81 bits per heavy atom. The van der Waals surface area contributed by atoms with Crippen LogP contribution in [0.4, 0.5) is 26.2 Å². The number of thiocarbonyl (C=S) groups is 1. The lowest BCUT2D eigenvalue weighted by molar-refractivity contribution is 0.0927. The number of carbonyl (C=O) groups excluding carboxylic acids is 2. The van der Waals surface area contributed by atoms with Gasteiger partial charge in [0.25, 0.3) is 5.91 Å². The SMILES string of the molecule is CC(=S)NC[C@H]1CN(c2ccc(Nc3ccc(C(=O)NC4CCCCC4)ccc3=O)c(F)c2)C(=O)O1. The van der Waals surface area contributed by atoms with Crippen molar-refractivity contribution < 1.29 is 18.7 Å². The van der Waals surface area contributed by atoms with E-state index in [1.807, 2.05) is 0 Å². The molecule has 4 rings (SSSR count). The maximum Gasteiger partial charge on any atom is 0.414 e. The Labute approximate surface area is 214 Å². The second-order valence-electron chi connectivity index (χ2n) is 9.05. The van der Waals surface area contributed by atoms with Gasteiger partial charge in [-0.15, -0.1) is 0 Å². The molecular weight excluding hydrogens is 483 g/mol. The normalized spacial score (nSPS) is 17.9. The third-order valence-electron chi connectivity index (χ3n) is 6.30. The lowest BCUT2D eigenvalue weighted by Crippen LogP contribution is -2.36. The molecule has 0 unspecified atom stereocenters. The molecule has 0 radical (unpaired) electrons. The minimum absolute atomic E-state index is 0.0670. The first kappa shape index (κ1) is 25.6. The van der Waals surface area contributed by atoms with Gasteiger partial charge in [0.05, 0.1) is 35.1 Å². The van der Waals surface area contributed by atoms with Crippen molar-refractivity contribution in [1.29, 1.82) is 0 Å². The molecule has 1 atom stereocenters. The van der Waals surface area contributed by atoms with Crippen LogP contribution in [-0.4, -0.2) is 42.2 Å². The van der Waals surface area contributed by atoms with Crippen molar-refractivity contribution in [2.24, 2.45) is 0 Å². The van der Waals surface area contributed by atoms with Crippen LogP contribution in [0.1, 0.15) is 49.4 Å². The summed E-state index contributed by atoms with van der Waals surface area (Å²) in [5, 5.41) is 8.78. The molecule has 1 saturated carbocycles. The molecule has 2 fully saturated rings. The van der Waals surface area contributed by atoms with E-state index >= 15 is 0 Å². The van der Waals surface area contributed by atoms with E-state index in [2.05, 4.69) is 16.0 Å².